The molecule has 0 aliphatic carbocycles. The predicted molar refractivity (Wildman–Crippen MR) is 86.5 cm³/mol. The van der Waals surface area contributed by atoms with E-state index in [1.54, 1.807) is 20.8 Å². The molecule has 24 heavy (non-hydrogen) atoms. The van der Waals surface area contributed by atoms with Gasteiger partial charge in [0.05, 0.1) is 37.8 Å². The fourth-order valence-corrected chi connectivity index (χ4v) is 3.11. The molecule has 0 aromatic carbocycles. The lowest BCUT2D eigenvalue weighted by molar-refractivity contribution is 0.00620. The number of rotatable bonds is 6. The first-order chi connectivity index (χ1) is 10.7. The van der Waals surface area contributed by atoms with Crippen LogP contribution >= 0.6 is 0 Å². The first-order valence-electron chi connectivity index (χ1n) is 7.38. The highest BCUT2D eigenvalue weighted by Crippen LogP contribution is 2.27. The fourth-order valence-electron chi connectivity index (χ4n) is 2.31. The summed E-state index contributed by atoms with van der Waals surface area (Å²) in [6, 6.07) is -1.08. The van der Waals surface area contributed by atoms with Gasteiger partial charge in [-0.05, 0) is 33.6 Å². The third kappa shape index (κ3) is 7.77. The number of hydrogen-bond donors (Lipinski definition) is 0. The lowest BCUT2D eigenvalue weighted by atomic mass is 10.2. The van der Waals surface area contributed by atoms with Gasteiger partial charge in [0.1, 0.15) is 5.60 Å². The quantitative estimate of drug-likeness (QED) is 0.612. The summed E-state index contributed by atoms with van der Waals surface area (Å²) in [7, 11) is -7.31. The molecule has 0 aromatic rings. The van der Waals surface area contributed by atoms with Crippen LogP contribution in [0.4, 0.5) is 4.79 Å². The Morgan fingerprint density at radius 3 is 1.62 bits per heavy atom. The zero-order valence-corrected chi connectivity index (χ0v) is 16.1. The summed E-state index contributed by atoms with van der Waals surface area (Å²) in [5.41, 5.74) is -0.746. The molecule has 1 aliphatic rings. The molecule has 1 aliphatic heterocycles. The van der Waals surface area contributed by atoms with E-state index < -0.39 is 44.0 Å². The summed E-state index contributed by atoms with van der Waals surface area (Å²) in [6.45, 7) is 4.67. The summed E-state index contributed by atoms with van der Waals surface area (Å²) in [5.74, 6) is 0. The number of carbonyl (C=O) groups excluding carboxylic acids is 1. The maximum absolute atomic E-state index is 12.4. The number of ether oxygens (including phenoxy) is 1. The average molecular weight is 387 g/mol. The monoisotopic (exact) mass is 387 g/mol. The molecule has 0 aromatic heterocycles. The summed E-state index contributed by atoms with van der Waals surface area (Å²) in [5, 5.41) is 0. The molecule has 11 heteroatoms. The Bertz CT molecular complexity index is 606. The van der Waals surface area contributed by atoms with Crippen molar-refractivity contribution in [3.63, 3.8) is 0 Å². The topological polar surface area (TPSA) is 116 Å². The van der Waals surface area contributed by atoms with Gasteiger partial charge >= 0.3 is 6.09 Å². The molecule has 1 saturated heterocycles. The average Bonchev–Trinajstić information content (AvgIpc) is 2.73. The molecule has 0 saturated carbocycles. The highest BCUT2D eigenvalue weighted by atomic mass is 32.2. The molecule has 2 atom stereocenters. The number of likely N-dealkylation sites (tertiary alicyclic amines) is 1. The van der Waals surface area contributed by atoms with Crippen LogP contribution in [0.25, 0.3) is 0 Å². The van der Waals surface area contributed by atoms with Crippen LogP contribution in [-0.2, 0) is 33.3 Å². The highest BCUT2D eigenvalue weighted by molar-refractivity contribution is 7.86. The first-order valence-corrected chi connectivity index (χ1v) is 11.0. The molecular formula is C13H25NO8S2. The Kier molecular flexibility index (Phi) is 6.64. The van der Waals surface area contributed by atoms with Crippen LogP contribution in [0.2, 0.25) is 0 Å². The van der Waals surface area contributed by atoms with E-state index in [0.29, 0.717) is 12.8 Å². The Balaban J connectivity index is 2.89. The molecular weight excluding hydrogens is 362 g/mol. The SMILES string of the molecule is CC(C)(C)OC(=O)N1[C@@H](COS(C)(=O)=O)CC[C@H]1COS(C)(=O)=O. The van der Waals surface area contributed by atoms with Crippen LogP contribution in [0.15, 0.2) is 0 Å². The van der Waals surface area contributed by atoms with Crippen LogP contribution in [-0.4, -0.2) is 71.2 Å². The van der Waals surface area contributed by atoms with Crippen molar-refractivity contribution in [3.8, 4) is 0 Å². The van der Waals surface area contributed by atoms with Gasteiger partial charge in [0.2, 0.25) is 0 Å². The van der Waals surface area contributed by atoms with E-state index in [-0.39, 0.29) is 13.2 Å². The van der Waals surface area contributed by atoms with E-state index in [4.69, 9.17) is 13.1 Å². The molecule has 0 unspecified atom stereocenters. The van der Waals surface area contributed by atoms with Gasteiger partial charge in [-0.15, -0.1) is 0 Å². The molecule has 1 heterocycles. The minimum atomic E-state index is -3.65. The van der Waals surface area contributed by atoms with Crippen molar-refractivity contribution in [2.45, 2.75) is 51.3 Å². The molecule has 1 amide bonds. The second-order valence-corrected chi connectivity index (χ2v) is 10.0. The lowest BCUT2D eigenvalue weighted by Crippen LogP contribution is -2.47. The third-order valence-corrected chi connectivity index (χ3v) is 4.30. The second-order valence-electron chi connectivity index (χ2n) is 6.75. The Hall–Kier alpha value is -0.910. The number of nitrogens with zero attached hydrogens (tertiary/aromatic N) is 1. The smallest absolute Gasteiger partial charge is 0.410 e. The standard InChI is InChI=1S/C13H25NO8S2/c1-13(2,3)22-12(15)14-10(8-20-23(4,16)17)6-7-11(14)9-21-24(5,18)19/h10-11H,6-9H2,1-5H3/t10-,11+. The fraction of sp³-hybridized carbons (Fsp3) is 0.923. The molecule has 0 radical (unpaired) electrons. The van der Waals surface area contributed by atoms with Crippen molar-refractivity contribution >= 4 is 26.3 Å². The summed E-state index contributed by atoms with van der Waals surface area (Å²) < 4.78 is 59.6. The maximum Gasteiger partial charge on any atom is 0.410 e. The van der Waals surface area contributed by atoms with Crippen LogP contribution in [0.5, 0.6) is 0 Å². The van der Waals surface area contributed by atoms with Gasteiger partial charge in [0.15, 0.2) is 0 Å². The first kappa shape index (κ1) is 21.1. The molecule has 0 spiro atoms. The minimum Gasteiger partial charge on any atom is -0.444 e. The second kappa shape index (κ2) is 7.54. The molecule has 0 N–H and O–H groups in total. The molecule has 1 rings (SSSR count). The summed E-state index contributed by atoms with van der Waals surface area (Å²) >= 11 is 0. The van der Waals surface area contributed by atoms with Crippen molar-refractivity contribution in [1.29, 1.82) is 0 Å². The van der Waals surface area contributed by atoms with Crippen molar-refractivity contribution in [1.82, 2.24) is 4.90 Å². The van der Waals surface area contributed by atoms with E-state index in [0.717, 1.165) is 12.5 Å². The van der Waals surface area contributed by atoms with Crippen molar-refractivity contribution in [2.24, 2.45) is 0 Å². The third-order valence-electron chi connectivity index (χ3n) is 3.17. The maximum atomic E-state index is 12.4. The summed E-state index contributed by atoms with van der Waals surface area (Å²) in [6.07, 6.45) is 2.08. The highest BCUT2D eigenvalue weighted by Gasteiger charge is 2.40. The van der Waals surface area contributed by atoms with E-state index in [2.05, 4.69) is 0 Å². The minimum absolute atomic E-state index is 0.215. The Morgan fingerprint density at radius 2 is 1.33 bits per heavy atom. The van der Waals surface area contributed by atoms with Gasteiger partial charge in [-0.3, -0.25) is 13.3 Å². The molecule has 0 bridgehead atoms. The van der Waals surface area contributed by atoms with Gasteiger partial charge in [0.25, 0.3) is 20.2 Å². The molecule has 9 nitrogen and oxygen atoms in total. The normalized spacial score (nSPS) is 22.6. The van der Waals surface area contributed by atoms with Gasteiger partial charge in [-0.25, -0.2) is 4.79 Å². The Morgan fingerprint density at radius 1 is 0.958 bits per heavy atom. The number of carbonyl (C=O) groups is 1. The molecule has 1 fully saturated rings. The van der Waals surface area contributed by atoms with Gasteiger partial charge < -0.3 is 4.74 Å². The van der Waals surface area contributed by atoms with Crippen LogP contribution < -0.4 is 0 Å². The number of hydrogen-bond acceptors (Lipinski definition) is 8. The van der Waals surface area contributed by atoms with E-state index in [9.17, 15) is 21.6 Å². The lowest BCUT2D eigenvalue weighted by Gasteiger charge is -2.32. The van der Waals surface area contributed by atoms with E-state index in [1.165, 1.54) is 4.90 Å². The van der Waals surface area contributed by atoms with Crippen LogP contribution in [0, 0.1) is 0 Å². The van der Waals surface area contributed by atoms with Crippen LogP contribution in [0.1, 0.15) is 33.6 Å². The van der Waals surface area contributed by atoms with Crippen LogP contribution in [0.3, 0.4) is 0 Å². The Labute approximate surface area is 143 Å². The van der Waals surface area contributed by atoms with Crippen molar-refractivity contribution in [3.05, 3.63) is 0 Å². The number of amides is 1. The molecule has 142 valence electrons. The largest absolute Gasteiger partial charge is 0.444 e. The zero-order chi connectivity index (χ0) is 18.8. The van der Waals surface area contributed by atoms with Gasteiger partial charge in [-0.1, -0.05) is 0 Å². The van der Waals surface area contributed by atoms with Gasteiger partial charge in [-0.2, -0.15) is 16.8 Å². The predicted octanol–water partition coefficient (Wildman–Crippen LogP) is 0.707. The summed E-state index contributed by atoms with van der Waals surface area (Å²) in [4.78, 5) is 13.7. The van der Waals surface area contributed by atoms with Crippen molar-refractivity contribution < 1.29 is 34.7 Å². The van der Waals surface area contributed by atoms with Gasteiger partial charge in [0, 0.05) is 0 Å². The van der Waals surface area contributed by atoms with E-state index in [1.807, 2.05) is 0 Å². The van der Waals surface area contributed by atoms with Crippen molar-refractivity contribution in [2.75, 3.05) is 25.7 Å². The van der Waals surface area contributed by atoms with E-state index >= 15 is 0 Å². The zero-order valence-electron chi connectivity index (χ0n) is 14.5.